The van der Waals surface area contributed by atoms with Crippen molar-refractivity contribution in [1.82, 2.24) is 15.1 Å². The van der Waals surface area contributed by atoms with Crippen LogP contribution in [0.5, 0.6) is 5.75 Å². The molecule has 2 unspecified atom stereocenters. The van der Waals surface area contributed by atoms with Gasteiger partial charge in [0.2, 0.25) is 11.8 Å². The molecule has 28 heavy (non-hydrogen) atoms. The van der Waals surface area contributed by atoms with Gasteiger partial charge in [-0.25, -0.2) is 0 Å². The highest BCUT2D eigenvalue weighted by atomic mass is 16.5. The molecule has 3 amide bonds. The predicted octanol–water partition coefficient (Wildman–Crippen LogP) is 1.78. The van der Waals surface area contributed by atoms with Crippen molar-refractivity contribution in [3.8, 4) is 5.75 Å². The first-order valence-electron chi connectivity index (χ1n) is 10.1. The highest BCUT2D eigenvalue weighted by Crippen LogP contribution is 2.33. The third-order valence-corrected chi connectivity index (χ3v) is 6.00. The van der Waals surface area contributed by atoms with Gasteiger partial charge in [-0.15, -0.1) is 0 Å². The van der Waals surface area contributed by atoms with E-state index in [-0.39, 0.29) is 30.7 Å². The summed E-state index contributed by atoms with van der Waals surface area (Å²) in [6.07, 6.45) is 3.27. The predicted molar refractivity (Wildman–Crippen MR) is 103 cm³/mol. The Bertz CT molecular complexity index is 796. The fraction of sp³-hybridized carbons (Fsp3) is 0.571. The molecule has 2 atom stereocenters. The molecule has 2 fully saturated rings. The van der Waals surface area contributed by atoms with Crippen LogP contribution < -0.4 is 10.1 Å². The van der Waals surface area contributed by atoms with Crippen molar-refractivity contribution >= 4 is 17.7 Å². The lowest BCUT2D eigenvalue weighted by molar-refractivity contribution is -0.141. The molecule has 3 aliphatic heterocycles. The van der Waals surface area contributed by atoms with E-state index in [1.54, 1.807) is 23.1 Å². The zero-order valence-corrected chi connectivity index (χ0v) is 16.3. The highest BCUT2D eigenvalue weighted by Gasteiger charge is 2.42. The number of hydrogen-bond donors (Lipinski definition) is 1. The van der Waals surface area contributed by atoms with Crippen LogP contribution >= 0.6 is 0 Å². The van der Waals surface area contributed by atoms with Crippen LogP contribution in [0.1, 0.15) is 49.4 Å². The van der Waals surface area contributed by atoms with Crippen molar-refractivity contribution < 1.29 is 19.1 Å². The monoisotopic (exact) mass is 385 g/mol. The molecule has 150 valence electrons. The van der Waals surface area contributed by atoms with Crippen molar-refractivity contribution in [2.75, 3.05) is 26.2 Å². The normalized spacial score (nSPS) is 27.7. The molecule has 0 aromatic heterocycles. The van der Waals surface area contributed by atoms with E-state index in [2.05, 4.69) is 12.2 Å². The molecule has 0 aliphatic carbocycles. The van der Waals surface area contributed by atoms with Gasteiger partial charge in [-0.05, 0) is 30.9 Å². The molecule has 7 nitrogen and oxygen atoms in total. The van der Waals surface area contributed by atoms with Gasteiger partial charge in [0.25, 0.3) is 5.91 Å². The first kappa shape index (κ1) is 18.8. The number of fused-ring (bicyclic) bond motifs is 1. The van der Waals surface area contributed by atoms with Crippen LogP contribution in [-0.2, 0) is 9.59 Å². The van der Waals surface area contributed by atoms with Crippen LogP contribution in [0.2, 0.25) is 0 Å². The van der Waals surface area contributed by atoms with Crippen molar-refractivity contribution in [2.45, 2.75) is 44.8 Å². The molecular formula is C21H27N3O4. The van der Waals surface area contributed by atoms with Crippen molar-refractivity contribution in [1.29, 1.82) is 0 Å². The number of nitrogens with one attached hydrogen (secondary N) is 1. The number of piperidine rings is 1. The lowest BCUT2D eigenvalue weighted by atomic mass is 10.0. The van der Waals surface area contributed by atoms with Crippen LogP contribution in [0.25, 0.3) is 0 Å². The minimum absolute atomic E-state index is 0.00907. The number of amides is 3. The lowest BCUT2D eigenvalue weighted by Crippen LogP contribution is -2.56. The summed E-state index contributed by atoms with van der Waals surface area (Å²) in [5, 5.41) is 2.96. The maximum absolute atomic E-state index is 12.7. The van der Waals surface area contributed by atoms with Crippen molar-refractivity contribution in [3.05, 3.63) is 29.8 Å². The summed E-state index contributed by atoms with van der Waals surface area (Å²) in [6, 6.07) is 7.13. The molecule has 0 radical (unpaired) electrons. The smallest absolute Gasteiger partial charge is 0.258 e. The Morgan fingerprint density at radius 3 is 2.89 bits per heavy atom. The number of rotatable bonds is 2. The van der Waals surface area contributed by atoms with E-state index in [0.29, 0.717) is 36.6 Å². The summed E-state index contributed by atoms with van der Waals surface area (Å²) in [5.74, 6) is 0.820. The zero-order chi connectivity index (χ0) is 19.7. The average Bonchev–Trinajstić information content (AvgIpc) is 2.82. The Hall–Kier alpha value is -2.57. The first-order valence-corrected chi connectivity index (χ1v) is 10.1. The Balaban J connectivity index is 1.43. The second kappa shape index (κ2) is 7.45. The van der Waals surface area contributed by atoms with Crippen LogP contribution in [0.15, 0.2) is 24.3 Å². The maximum Gasteiger partial charge on any atom is 0.258 e. The molecule has 4 rings (SSSR count). The van der Waals surface area contributed by atoms with E-state index in [9.17, 15) is 14.4 Å². The molecule has 7 heteroatoms. The number of nitrogens with zero attached hydrogens (tertiary/aromatic N) is 2. The van der Waals surface area contributed by atoms with Crippen LogP contribution in [0, 0.1) is 5.92 Å². The second-order valence-electron chi connectivity index (χ2n) is 8.20. The molecule has 1 aromatic carbocycles. The minimum Gasteiger partial charge on any atom is -0.467 e. The zero-order valence-electron chi connectivity index (χ0n) is 16.3. The number of hydrogen-bond acceptors (Lipinski definition) is 4. The van der Waals surface area contributed by atoms with E-state index in [1.807, 2.05) is 11.0 Å². The van der Waals surface area contributed by atoms with Gasteiger partial charge < -0.3 is 19.9 Å². The molecule has 0 bridgehead atoms. The van der Waals surface area contributed by atoms with Gasteiger partial charge in [-0.1, -0.05) is 19.1 Å². The summed E-state index contributed by atoms with van der Waals surface area (Å²) in [5.41, 5.74) is -0.381. The molecule has 2 saturated heterocycles. The summed E-state index contributed by atoms with van der Waals surface area (Å²) in [4.78, 5) is 41.3. The number of carbonyl (C=O) groups is 3. The van der Waals surface area contributed by atoms with Gasteiger partial charge in [-0.3, -0.25) is 14.4 Å². The second-order valence-corrected chi connectivity index (χ2v) is 8.20. The van der Waals surface area contributed by atoms with Crippen molar-refractivity contribution in [2.24, 2.45) is 5.92 Å². The summed E-state index contributed by atoms with van der Waals surface area (Å²) < 4.78 is 6.14. The van der Waals surface area contributed by atoms with Crippen molar-refractivity contribution in [3.63, 3.8) is 0 Å². The SMILES string of the molecule is CC1CCCN(C(=O)CN2CCC3(CCC2=O)NC(=O)c2ccccc2O3)C1. The van der Waals surface area contributed by atoms with Gasteiger partial charge in [0.05, 0.1) is 12.1 Å². The van der Waals surface area contributed by atoms with Gasteiger partial charge in [0.15, 0.2) is 5.72 Å². The third-order valence-electron chi connectivity index (χ3n) is 6.00. The molecular weight excluding hydrogens is 358 g/mol. The van der Waals surface area contributed by atoms with Gasteiger partial charge >= 0.3 is 0 Å². The van der Waals surface area contributed by atoms with Crippen LogP contribution in [-0.4, -0.2) is 59.4 Å². The quantitative estimate of drug-likeness (QED) is 0.842. The lowest BCUT2D eigenvalue weighted by Gasteiger charge is -2.38. The van der Waals surface area contributed by atoms with Gasteiger partial charge in [-0.2, -0.15) is 0 Å². The number of likely N-dealkylation sites (tertiary alicyclic amines) is 2. The molecule has 1 aromatic rings. The molecule has 0 saturated carbocycles. The Kier molecular flexibility index (Phi) is 5.00. The Morgan fingerprint density at radius 1 is 1.25 bits per heavy atom. The fourth-order valence-corrected chi connectivity index (χ4v) is 4.36. The first-order chi connectivity index (χ1) is 13.5. The molecule has 3 aliphatic rings. The number of benzene rings is 1. The van der Waals surface area contributed by atoms with E-state index < -0.39 is 5.72 Å². The number of para-hydroxylation sites is 1. The maximum atomic E-state index is 12.7. The number of carbonyl (C=O) groups excluding carboxylic acids is 3. The van der Waals surface area contributed by atoms with Gasteiger partial charge in [0, 0.05) is 38.9 Å². The standard InChI is InChI=1S/C21H27N3O4/c1-15-5-4-11-23(13-15)19(26)14-24-12-10-21(9-8-18(24)25)22-20(27)16-6-2-3-7-17(16)28-21/h2-3,6-7,15H,4-5,8-14H2,1H3,(H,22,27). The Morgan fingerprint density at radius 2 is 2.07 bits per heavy atom. The molecule has 1 N–H and O–H groups in total. The average molecular weight is 385 g/mol. The molecule has 1 spiro atoms. The summed E-state index contributed by atoms with van der Waals surface area (Å²) >= 11 is 0. The minimum atomic E-state index is -0.890. The number of ether oxygens (including phenoxy) is 1. The van der Waals surface area contributed by atoms with E-state index >= 15 is 0 Å². The summed E-state index contributed by atoms with van der Waals surface area (Å²) in [7, 11) is 0. The van der Waals surface area contributed by atoms with E-state index in [0.717, 1.165) is 25.9 Å². The fourth-order valence-electron chi connectivity index (χ4n) is 4.36. The largest absolute Gasteiger partial charge is 0.467 e. The third kappa shape index (κ3) is 3.70. The van der Waals surface area contributed by atoms with Gasteiger partial charge in [0.1, 0.15) is 5.75 Å². The topological polar surface area (TPSA) is 79.0 Å². The summed E-state index contributed by atoms with van der Waals surface area (Å²) in [6.45, 7) is 4.18. The van der Waals surface area contributed by atoms with E-state index in [1.165, 1.54) is 0 Å². The highest BCUT2D eigenvalue weighted by molar-refractivity contribution is 5.98. The Labute approximate surface area is 165 Å². The van der Waals surface area contributed by atoms with Crippen LogP contribution in [0.4, 0.5) is 0 Å². The molecule has 3 heterocycles. The van der Waals surface area contributed by atoms with E-state index in [4.69, 9.17) is 4.74 Å². The van der Waals surface area contributed by atoms with Crippen LogP contribution in [0.3, 0.4) is 0 Å².